The number of halogens is 3. The minimum absolute atomic E-state index is 0.191. The van der Waals surface area contributed by atoms with E-state index in [0.717, 1.165) is 0 Å². The molecule has 3 N–H and O–H groups in total. The van der Waals surface area contributed by atoms with E-state index in [9.17, 15) is 27.9 Å². The molecule has 0 aromatic carbocycles. The maximum atomic E-state index is 13.5. The van der Waals surface area contributed by atoms with E-state index in [4.69, 9.17) is 14.2 Å². The second-order valence-corrected chi connectivity index (χ2v) is 10.1. The highest BCUT2D eigenvalue weighted by Gasteiger charge is 2.41. The molecule has 40 heavy (non-hydrogen) atoms. The monoisotopic (exact) mass is 566 g/mol. The zero-order valence-electron chi connectivity index (χ0n) is 21.8. The van der Waals surface area contributed by atoms with Crippen molar-refractivity contribution in [1.29, 1.82) is 0 Å². The van der Waals surface area contributed by atoms with Crippen molar-refractivity contribution in [2.24, 2.45) is 0 Å². The Balaban J connectivity index is 1.28. The van der Waals surface area contributed by atoms with Gasteiger partial charge in [0.25, 0.3) is 5.91 Å². The van der Waals surface area contributed by atoms with Crippen LogP contribution in [0.15, 0.2) is 30.5 Å². The van der Waals surface area contributed by atoms with Gasteiger partial charge in [0.15, 0.2) is 17.7 Å². The van der Waals surface area contributed by atoms with Crippen LogP contribution in [0.3, 0.4) is 0 Å². The molecule has 15 heteroatoms. The number of rotatable bonds is 7. The highest BCUT2D eigenvalue weighted by Crippen LogP contribution is 2.39. The van der Waals surface area contributed by atoms with Crippen molar-refractivity contribution in [2.45, 2.75) is 50.5 Å². The zero-order chi connectivity index (χ0) is 28.7. The third-order valence-electron chi connectivity index (χ3n) is 6.71. The summed E-state index contributed by atoms with van der Waals surface area (Å²) >= 11 is 0. The molecule has 0 spiro atoms. The van der Waals surface area contributed by atoms with E-state index in [-0.39, 0.29) is 36.1 Å². The van der Waals surface area contributed by atoms with Crippen LogP contribution in [-0.4, -0.2) is 90.1 Å². The molecule has 2 saturated heterocycles. The van der Waals surface area contributed by atoms with E-state index in [1.807, 2.05) is 24.1 Å². The molecule has 216 valence electrons. The van der Waals surface area contributed by atoms with Gasteiger partial charge in [-0.1, -0.05) is 0 Å². The molecule has 5 rings (SSSR count). The Morgan fingerprint density at radius 1 is 1.30 bits per heavy atom. The number of carbonyl (C=O) groups is 2. The Hall–Kier alpha value is -3.69. The second-order valence-electron chi connectivity index (χ2n) is 10.1. The van der Waals surface area contributed by atoms with Crippen molar-refractivity contribution in [1.82, 2.24) is 15.3 Å². The minimum Gasteiger partial charge on any atom is -0.491 e. The van der Waals surface area contributed by atoms with Crippen molar-refractivity contribution >= 4 is 29.3 Å². The Kier molecular flexibility index (Phi) is 7.46. The van der Waals surface area contributed by atoms with Crippen LogP contribution in [-0.2, 0) is 9.47 Å². The first kappa shape index (κ1) is 27.9. The molecule has 2 aromatic rings. The summed E-state index contributed by atoms with van der Waals surface area (Å²) in [4.78, 5) is 37.9. The lowest BCUT2D eigenvalue weighted by Gasteiger charge is -2.35. The Labute approximate surface area is 227 Å². The van der Waals surface area contributed by atoms with E-state index in [1.54, 1.807) is 18.2 Å². The van der Waals surface area contributed by atoms with Gasteiger partial charge in [0.05, 0.1) is 24.9 Å². The molecule has 12 nitrogen and oxygen atoms in total. The summed E-state index contributed by atoms with van der Waals surface area (Å²) in [5.74, 6) is -0.703. The molecule has 2 fully saturated rings. The Morgan fingerprint density at radius 3 is 2.83 bits per heavy atom. The third-order valence-corrected chi connectivity index (χ3v) is 6.71. The molecule has 0 unspecified atom stereocenters. The van der Waals surface area contributed by atoms with Crippen molar-refractivity contribution in [3.05, 3.63) is 36.2 Å². The molecule has 5 heterocycles. The van der Waals surface area contributed by atoms with Crippen LogP contribution in [0, 0.1) is 0 Å². The molecule has 3 aliphatic heterocycles. The number of carbonyl (C=O) groups excluding carboxylic acids is 2. The number of amides is 3. The number of nitrogens with one attached hydrogen (secondary N) is 2. The van der Waals surface area contributed by atoms with Crippen LogP contribution < -0.4 is 25.2 Å². The summed E-state index contributed by atoms with van der Waals surface area (Å²) in [5, 5.41) is 14.0. The van der Waals surface area contributed by atoms with Crippen LogP contribution in [0.2, 0.25) is 0 Å². The standard InChI is InChI=1S/C25H29F3N6O6/c1-24(2)39-13-16(40-24)12-38-15-5-7-29-20(9-15)32-23(37)34-14-6-8-33(11-14)18-4-3-17(31-21(18)34)22(36)30-10-19(35)25(26,27)28/h3-5,7,9,14,16,19,35H,6,8,10-13H2,1-2H3,(H,30,36)(H,29,32,37)/t14-,16-,19-/m0/s1. The highest BCUT2D eigenvalue weighted by atomic mass is 19.4. The number of hydrogen-bond acceptors (Lipinski definition) is 9. The molecule has 2 bridgehead atoms. The largest absolute Gasteiger partial charge is 0.491 e. The van der Waals surface area contributed by atoms with Crippen molar-refractivity contribution in [3.63, 3.8) is 0 Å². The van der Waals surface area contributed by atoms with Gasteiger partial charge >= 0.3 is 12.2 Å². The van der Waals surface area contributed by atoms with E-state index in [1.165, 1.54) is 17.2 Å². The van der Waals surface area contributed by atoms with Crippen LogP contribution >= 0.6 is 0 Å². The summed E-state index contributed by atoms with van der Waals surface area (Å²) in [7, 11) is 0. The number of hydrogen-bond donors (Lipinski definition) is 3. The van der Waals surface area contributed by atoms with E-state index in [0.29, 0.717) is 37.6 Å². The Morgan fingerprint density at radius 2 is 2.10 bits per heavy atom. The van der Waals surface area contributed by atoms with Crippen molar-refractivity contribution in [3.8, 4) is 5.75 Å². The van der Waals surface area contributed by atoms with Gasteiger partial charge < -0.3 is 29.5 Å². The molecule has 0 radical (unpaired) electrons. The molecule has 0 aliphatic carbocycles. The summed E-state index contributed by atoms with van der Waals surface area (Å²) in [6, 6.07) is 5.39. The summed E-state index contributed by atoms with van der Waals surface area (Å²) < 4.78 is 54.9. The number of pyridine rings is 2. The normalized spacial score (nSPS) is 22.1. The van der Waals surface area contributed by atoms with Gasteiger partial charge in [-0.3, -0.25) is 15.0 Å². The topological polar surface area (TPSA) is 138 Å². The van der Waals surface area contributed by atoms with Gasteiger partial charge in [-0.25, -0.2) is 14.8 Å². The first-order valence-corrected chi connectivity index (χ1v) is 12.7. The summed E-state index contributed by atoms with van der Waals surface area (Å²) in [6.07, 6.45) is -5.69. The van der Waals surface area contributed by atoms with E-state index < -0.39 is 36.6 Å². The maximum Gasteiger partial charge on any atom is 0.416 e. The van der Waals surface area contributed by atoms with Gasteiger partial charge in [0.2, 0.25) is 0 Å². The summed E-state index contributed by atoms with van der Waals surface area (Å²) in [5.41, 5.74) is 0.422. The number of aromatic nitrogens is 2. The number of anilines is 3. The molecule has 3 aliphatic rings. The smallest absolute Gasteiger partial charge is 0.416 e. The molecule has 2 aromatic heterocycles. The van der Waals surface area contributed by atoms with Crippen LogP contribution in [0.1, 0.15) is 30.8 Å². The maximum absolute atomic E-state index is 13.5. The molecule has 0 saturated carbocycles. The predicted molar refractivity (Wildman–Crippen MR) is 135 cm³/mol. The fourth-order valence-corrected chi connectivity index (χ4v) is 4.77. The predicted octanol–water partition coefficient (Wildman–Crippen LogP) is 2.29. The van der Waals surface area contributed by atoms with Crippen LogP contribution in [0.4, 0.5) is 35.3 Å². The molecular formula is C25H29F3N6O6. The zero-order valence-corrected chi connectivity index (χ0v) is 21.8. The molecular weight excluding hydrogens is 537 g/mol. The van der Waals surface area contributed by atoms with Crippen molar-refractivity contribution < 1.29 is 42.1 Å². The van der Waals surface area contributed by atoms with Gasteiger partial charge in [-0.2, -0.15) is 13.2 Å². The second kappa shape index (κ2) is 10.7. The van der Waals surface area contributed by atoms with Gasteiger partial charge in [-0.05, 0) is 38.5 Å². The number of urea groups is 1. The van der Waals surface area contributed by atoms with Gasteiger partial charge in [-0.15, -0.1) is 0 Å². The lowest BCUT2D eigenvalue weighted by atomic mass is 10.1. The SMILES string of the molecule is CC1(C)OC[C@H](COc2ccnc(NC(=O)N3c4nc(C(=O)NC[C@H](O)C(F)(F)F)ccc4N4CC[C@H]3C4)c2)O1. The number of ether oxygens (including phenoxy) is 3. The lowest BCUT2D eigenvalue weighted by molar-refractivity contribution is -0.201. The first-order valence-electron chi connectivity index (χ1n) is 12.7. The number of fused-ring (bicyclic) bond motifs is 4. The minimum atomic E-state index is -4.87. The first-order chi connectivity index (χ1) is 18.9. The lowest BCUT2D eigenvalue weighted by Crippen LogP contribution is -2.48. The van der Waals surface area contributed by atoms with E-state index in [2.05, 4.69) is 15.3 Å². The highest BCUT2D eigenvalue weighted by molar-refractivity contribution is 6.05. The van der Waals surface area contributed by atoms with E-state index >= 15 is 0 Å². The molecule has 3 amide bonds. The number of alkyl halides is 3. The van der Waals surface area contributed by atoms with Gasteiger partial charge in [0, 0.05) is 25.4 Å². The fraction of sp³-hybridized carbons (Fsp3) is 0.520. The number of nitrogens with zero attached hydrogens (tertiary/aromatic N) is 4. The average molecular weight is 567 g/mol. The number of aliphatic hydroxyl groups excluding tert-OH is 1. The quantitative estimate of drug-likeness (QED) is 0.461. The van der Waals surface area contributed by atoms with Crippen LogP contribution in [0.25, 0.3) is 0 Å². The van der Waals surface area contributed by atoms with Crippen molar-refractivity contribution in [2.75, 3.05) is 48.0 Å². The summed E-state index contributed by atoms with van der Waals surface area (Å²) in [6.45, 7) is 4.47. The van der Waals surface area contributed by atoms with Crippen LogP contribution in [0.5, 0.6) is 5.75 Å². The fourth-order valence-electron chi connectivity index (χ4n) is 4.77. The average Bonchev–Trinajstić information content (AvgIpc) is 3.48. The van der Waals surface area contributed by atoms with Gasteiger partial charge in [0.1, 0.15) is 30.0 Å². The third kappa shape index (κ3) is 6.05. The number of aliphatic hydroxyl groups is 1. The Bertz CT molecular complexity index is 1280. The molecule has 3 atom stereocenters.